The lowest BCUT2D eigenvalue weighted by molar-refractivity contribution is 0.424. The fourth-order valence-corrected chi connectivity index (χ4v) is 1.79. The Labute approximate surface area is 117 Å². The second kappa shape index (κ2) is 6.47. The molecule has 0 amide bonds. The zero-order valence-corrected chi connectivity index (χ0v) is 11.9. The highest BCUT2D eigenvalue weighted by atomic mass is 19.1. The van der Waals surface area contributed by atoms with E-state index in [0.29, 0.717) is 11.9 Å². The minimum absolute atomic E-state index is 0.00677. The van der Waals surface area contributed by atoms with Crippen LogP contribution >= 0.6 is 0 Å². The van der Waals surface area contributed by atoms with Gasteiger partial charge in [-0.05, 0) is 50.6 Å². The largest absolute Gasteiger partial charge is 0.406 e. The second-order valence-electron chi connectivity index (χ2n) is 4.71. The summed E-state index contributed by atoms with van der Waals surface area (Å²) in [7, 11) is 0. The molecular weight excluding hydrogens is 259 g/mol. The van der Waals surface area contributed by atoms with Gasteiger partial charge in [-0.25, -0.2) is 4.39 Å². The van der Waals surface area contributed by atoms with E-state index in [1.54, 1.807) is 6.07 Å². The number of rotatable bonds is 6. The third kappa shape index (κ3) is 3.54. The van der Waals surface area contributed by atoms with E-state index in [1.165, 1.54) is 12.1 Å². The minimum atomic E-state index is -0.267. The summed E-state index contributed by atoms with van der Waals surface area (Å²) >= 11 is 0. The molecule has 1 aromatic carbocycles. The van der Waals surface area contributed by atoms with Gasteiger partial charge < -0.3 is 15.1 Å². The van der Waals surface area contributed by atoms with Gasteiger partial charge in [0.1, 0.15) is 5.82 Å². The van der Waals surface area contributed by atoms with E-state index in [0.717, 1.165) is 24.2 Å². The maximum atomic E-state index is 13.0. The molecule has 1 aromatic heterocycles. The summed E-state index contributed by atoms with van der Waals surface area (Å²) in [5, 5.41) is 14.2. The molecule has 0 aliphatic heterocycles. The maximum absolute atomic E-state index is 13.0. The molecule has 0 spiro atoms. The van der Waals surface area contributed by atoms with Crippen LogP contribution in [0.5, 0.6) is 0 Å². The van der Waals surface area contributed by atoms with Crippen molar-refractivity contribution in [3.05, 3.63) is 35.5 Å². The van der Waals surface area contributed by atoms with Crippen LogP contribution in [-0.4, -0.2) is 16.7 Å². The molecule has 1 heterocycles. The molecule has 0 radical (unpaired) electrons. The molecule has 0 aliphatic rings. The van der Waals surface area contributed by atoms with E-state index >= 15 is 0 Å². The molecular formula is C14H19FN4O. The van der Waals surface area contributed by atoms with E-state index in [2.05, 4.69) is 27.8 Å². The molecule has 2 aromatic rings. The number of nitrogens with one attached hydrogen (secondary N) is 2. The molecule has 2 rings (SSSR count). The predicted octanol–water partition coefficient (Wildman–Crippen LogP) is 3.32. The Morgan fingerprint density at radius 2 is 2.15 bits per heavy atom. The average molecular weight is 278 g/mol. The van der Waals surface area contributed by atoms with Crippen LogP contribution < -0.4 is 10.6 Å². The van der Waals surface area contributed by atoms with Gasteiger partial charge in [0.25, 0.3) is 0 Å². The van der Waals surface area contributed by atoms with Gasteiger partial charge in [-0.2, -0.15) is 0 Å². The molecule has 2 N–H and O–H groups in total. The molecule has 0 bridgehead atoms. The van der Waals surface area contributed by atoms with Crippen LogP contribution in [0.15, 0.2) is 22.6 Å². The molecule has 0 aliphatic carbocycles. The predicted molar refractivity (Wildman–Crippen MR) is 75.4 cm³/mol. The second-order valence-corrected chi connectivity index (χ2v) is 4.71. The normalized spacial score (nSPS) is 12.4. The van der Waals surface area contributed by atoms with Crippen LogP contribution in [0.4, 0.5) is 16.1 Å². The number of halogens is 1. The third-order valence-corrected chi connectivity index (χ3v) is 2.94. The van der Waals surface area contributed by atoms with Gasteiger partial charge in [-0.1, -0.05) is 12.0 Å². The Morgan fingerprint density at radius 3 is 2.85 bits per heavy atom. The number of nitrogens with zero attached hydrogens (tertiary/aromatic N) is 2. The van der Waals surface area contributed by atoms with Crippen LogP contribution in [0.1, 0.15) is 37.8 Å². The molecule has 1 unspecified atom stereocenters. The van der Waals surface area contributed by atoms with Crippen LogP contribution in [0.25, 0.3) is 0 Å². The lowest BCUT2D eigenvalue weighted by Crippen LogP contribution is -2.19. The molecule has 0 saturated carbocycles. The first-order valence-corrected chi connectivity index (χ1v) is 6.70. The number of aryl methyl sites for hydroxylation is 1. The molecule has 1 atom stereocenters. The summed E-state index contributed by atoms with van der Waals surface area (Å²) in [6.07, 6.45) is 1.04. The van der Waals surface area contributed by atoms with Gasteiger partial charge in [0.05, 0.1) is 6.04 Å². The topological polar surface area (TPSA) is 63.0 Å². The number of benzene rings is 1. The van der Waals surface area contributed by atoms with Crippen molar-refractivity contribution >= 4 is 11.7 Å². The van der Waals surface area contributed by atoms with Gasteiger partial charge >= 0.3 is 6.01 Å². The van der Waals surface area contributed by atoms with Crippen molar-refractivity contribution in [1.29, 1.82) is 0 Å². The number of aromatic nitrogens is 2. The van der Waals surface area contributed by atoms with Crippen molar-refractivity contribution < 1.29 is 8.81 Å². The summed E-state index contributed by atoms with van der Waals surface area (Å²) in [6, 6.07) is 4.79. The summed E-state index contributed by atoms with van der Waals surface area (Å²) in [5.41, 5.74) is 1.53. The smallest absolute Gasteiger partial charge is 0.320 e. The monoisotopic (exact) mass is 278 g/mol. The van der Waals surface area contributed by atoms with E-state index in [1.807, 2.05) is 13.8 Å². The Morgan fingerprint density at radius 1 is 1.35 bits per heavy atom. The van der Waals surface area contributed by atoms with E-state index < -0.39 is 0 Å². The number of hydrogen-bond donors (Lipinski definition) is 2. The SMILES string of the molecule is CCCNC(C)c1nnc(Nc2ccc(F)cc2C)o1. The Kier molecular flexibility index (Phi) is 4.68. The first kappa shape index (κ1) is 14.5. The summed E-state index contributed by atoms with van der Waals surface area (Å²) in [6.45, 7) is 6.77. The lowest BCUT2D eigenvalue weighted by Gasteiger charge is -2.08. The number of anilines is 2. The molecule has 20 heavy (non-hydrogen) atoms. The fourth-order valence-electron chi connectivity index (χ4n) is 1.79. The first-order chi connectivity index (χ1) is 9.60. The molecule has 0 saturated heterocycles. The van der Waals surface area contributed by atoms with Gasteiger partial charge in [-0.3, -0.25) is 0 Å². The van der Waals surface area contributed by atoms with Crippen LogP contribution in [0.3, 0.4) is 0 Å². The van der Waals surface area contributed by atoms with Crippen molar-refractivity contribution in [1.82, 2.24) is 15.5 Å². The van der Waals surface area contributed by atoms with Crippen molar-refractivity contribution in [2.24, 2.45) is 0 Å². The molecule has 108 valence electrons. The van der Waals surface area contributed by atoms with Crippen LogP contribution in [0, 0.1) is 12.7 Å². The Bertz CT molecular complexity index is 570. The summed E-state index contributed by atoms with van der Waals surface area (Å²) in [4.78, 5) is 0. The van der Waals surface area contributed by atoms with Crippen molar-refractivity contribution in [3.63, 3.8) is 0 Å². The zero-order chi connectivity index (χ0) is 14.5. The maximum Gasteiger partial charge on any atom is 0.320 e. The van der Waals surface area contributed by atoms with Crippen molar-refractivity contribution in [2.75, 3.05) is 11.9 Å². The highest BCUT2D eigenvalue weighted by Crippen LogP contribution is 2.21. The summed E-state index contributed by atoms with van der Waals surface area (Å²) in [5.74, 6) is 0.261. The first-order valence-electron chi connectivity index (χ1n) is 6.70. The van der Waals surface area contributed by atoms with Crippen LogP contribution in [0.2, 0.25) is 0 Å². The zero-order valence-electron chi connectivity index (χ0n) is 11.9. The minimum Gasteiger partial charge on any atom is -0.406 e. The number of hydrogen-bond acceptors (Lipinski definition) is 5. The van der Waals surface area contributed by atoms with E-state index in [4.69, 9.17) is 4.42 Å². The molecule has 6 heteroatoms. The van der Waals surface area contributed by atoms with Gasteiger partial charge in [0, 0.05) is 5.69 Å². The third-order valence-electron chi connectivity index (χ3n) is 2.94. The van der Waals surface area contributed by atoms with E-state index in [-0.39, 0.29) is 11.9 Å². The van der Waals surface area contributed by atoms with Crippen LogP contribution in [-0.2, 0) is 0 Å². The Hall–Kier alpha value is -1.95. The summed E-state index contributed by atoms with van der Waals surface area (Å²) < 4.78 is 18.6. The van der Waals surface area contributed by atoms with Gasteiger partial charge in [0.2, 0.25) is 5.89 Å². The lowest BCUT2D eigenvalue weighted by atomic mass is 10.2. The van der Waals surface area contributed by atoms with Gasteiger partial charge in [-0.15, -0.1) is 5.10 Å². The van der Waals surface area contributed by atoms with E-state index in [9.17, 15) is 4.39 Å². The Balaban J connectivity index is 2.05. The quantitative estimate of drug-likeness (QED) is 0.848. The van der Waals surface area contributed by atoms with Crippen molar-refractivity contribution in [2.45, 2.75) is 33.2 Å². The molecule has 0 fully saturated rings. The highest BCUT2D eigenvalue weighted by Gasteiger charge is 2.13. The fraction of sp³-hybridized carbons (Fsp3) is 0.429. The standard InChI is InChI=1S/C14H19FN4O/c1-4-7-16-10(3)13-18-19-14(20-13)17-12-6-5-11(15)8-9(12)2/h5-6,8,10,16H,4,7H2,1-3H3,(H,17,19). The average Bonchev–Trinajstić information content (AvgIpc) is 2.88. The molecule has 5 nitrogen and oxygen atoms in total. The van der Waals surface area contributed by atoms with Gasteiger partial charge in [0.15, 0.2) is 0 Å². The van der Waals surface area contributed by atoms with Crippen molar-refractivity contribution in [3.8, 4) is 0 Å². The highest BCUT2D eigenvalue weighted by molar-refractivity contribution is 5.56.